The Morgan fingerprint density at radius 1 is 1.53 bits per heavy atom. The zero-order valence-corrected chi connectivity index (χ0v) is 11.2. The third-order valence-electron chi connectivity index (χ3n) is 3.79. The summed E-state index contributed by atoms with van der Waals surface area (Å²) in [6, 6.07) is 8.41. The molecule has 2 nitrogen and oxygen atoms in total. The minimum Gasteiger partial charge on any atom is -0.329 e. The Balaban J connectivity index is 2.11. The summed E-state index contributed by atoms with van der Waals surface area (Å²) in [5.74, 6) is 0.836. The molecule has 1 heterocycles. The summed E-state index contributed by atoms with van der Waals surface area (Å²) < 4.78 is 0. The quantitative estimate of drug-likeness (QED) is 0.893. The molecule has 2 atom stereocenters. The average Bonchev–Trinajstić information content (AvgIpc) is 2.79. The van der Waals surface area contributed by atoms with Crippen LogP contribution in [0.1, 0.15) is 31.4 Å². The van der Waals surface area contributed by atoms with E-state index >= 15 is 0 Å². The molecule has 1 aromatic carbocycles. The van der Waals surface area contributed by atoms with Gasteiger partial charge in [-0.15, -0.1) is 0 Å². The van der Waals surface area contributed by atoms with E-state index in [1.807, 2.05) is 18.2 Å². The lowest BCUT2D eigenvalue weighted by Crippen LogP contribution is -2.32. The lowest BCUT2D eigenvalue weighted by molar-refractivity contribution is 0.241. The number of likely N-dealkylation sites (tertiary alicyclic amines) is 1. The van der Waals surface area contributed by atoms with Crippen molar-refractivity contribution in [1.29, 1.82) is 0 Å². The van der Waals surface area contributed by atoms with Crippen LogP contribution in [0.3, 0.4) is 0 Å². The van der Waals surface area contributed by atoms with Crippen molar-refractivity contribution in [3.8, 4) is 0 Å². The molecule has 0 bridgehead atoms. The predicted molar refractivity (Wildman–Crippen MR) is 73.2 cm³/mol. The smallest absolute Gasteiger partial charge is 0.0471 e. The Bertz CT molecular complexity index is 367. The van der Waals surface area contributed by atoms with Gasteiger partial charge in [-0.3, -0.25) is 4.90 Å². The second kappa shape index (κ2) is 5.85. The largest absolute Gasteiger partial charge is 0.329 e. The van der Waals surface area contributed by atoms with Gasteiger partial charge in [0, 0.05) is 24.2 Å². The van der Waals surface area contributed by atoms with Gasteiger partial charge in [-0.05, 0) is 36.6 Å². The monoisotopic (exact) mass is 252 g/mol. The molecule has 1 saturated heterocycles. The van der Waals surface area contributed by atoms with E-state index in [9.17, 15) is 0 Å². The minimum atomic E-state index is 0.324. The Kier molecular flexibility index (Phi) is 4.43. The van der Waals surface area contributed by atoms with E-state index in [1.165, 1.54) is 24.9 Å². The van der Waals surface area contributed by atoms with Crippen molar-refractivity contribution < 1.29 is 0 Å². The summed E-state index contributed by atoms with van der Waals surface area (Å²) in [7, 11) is 0. The number of hydrogen-bond acceptors (Lipinski definition) is 2. The second-order valence-corrected chi connectivity index (χ2v) is 5.30. The molecule has 3 heteroatoms. The van der Waals surface area contributed by atoms with Crippen LogP contribution in [0.2, 0.25) is 5.02 Å². The van der Waals surface area contributed by atoms with Gasteiger partial charge in [0.1, 0.15) is 0 Å². The first kappa shape index (κ1) is 12.9. The van der Waals surface area contributed by atoms with Crippen molar-refractivity contribution in [2.45, 2.75) is 25.8 Å². The molecule has 1 aliphatic heterocycles. The third-order valence-corrected chi connectivity index (χ3v) is 4.03. The molecule has 1 aliphatic rings. The molecule has 2 N–H and O–H groups in total. The van der Waals surface area contributed by atoms with E-state index in [-0.39, 0.29) is 0 Å². The third kappa shape index (κ3) is 3.01. The van der Waals surface area contributed by atoms with Crippen LogP contribution in [0.15, 0.2) is 24.3 Å². The van der Waals surface area contributed by atoms with Crippen molar-refractivity contribution in [3.63, 3.8) is 0 Å². The molecule has 0 spiro atoms. The van der Waals surface area contributed by atoms with Crippen LogP contribution in [0.5, 0.6) is 0 Å². The fraction of sp³-hybridized carbons (Fsp3) is 0.571. The van der Waals surface area contributed by atoms with Crippen molar-refractivity contribution in [2.24, 2.45) is 11.7 Å². The number of benzene rings is 1. The van der Waals surface area contributed by atoms with Gasteiger partial charge in [0.15, 0.2) is 0 Å². The number of rotatable bonds is 4. The molecule has 94 valence electrons. The molecule has 1 aromatic rings. The van der Waals surface area contributed by atoms with Crippen molar-refractivity contribution in [2.75, 3.05) is 19.6 Å². The van der Waals surface area contributed by atoms with E-state index in [2.05, 4.69) is 17.9 Å². The molecule has 0 aromatic heterocycles. The maximum atomic E-state index is 6.05. The Hall–Kier alpha value is -0.570. The summed E-state index contributed by atoms with van der Waals surface area (Å²) >= 11 is 6.05. The highest BCUT2D eigenvalue weighted by molar-refractivity contribution is 6.30. The molecule has 0 amide bonds. The van der Waals surface area contributed by atoms with Gasteiger partial charge in [0.05, 0.1) is 0 Å². The first-order chi connectivity index (χ1) is 8.24. The number of nitrogens with zero attached hydrogens (tertiary/aromatic N) is 1. The standard InChI is InChI=1S/C14H21ClN2/c1-2-11-6-7-17(10-11)14(9-16)12-4-3-5-13(15)8-12/h3-5,8,11,14H,2,6-7,9-10,16H2,1H3. The first-order valence-electron chi connectivity index (χ1n) is 6.44. The average molecular weight is 253 g/mol. The minimum absolute atomic E-state index is 0.324. The Morgan fingerprint density at radius 3 is 2.94 bits per heavy atom. The molecule has 0 saturated carbocycles. The highest BCUT2D eigenvalue weighted by Crippen LogP contribution is 2.29. The SMILES string of the molecule is CCC1CCN(C(CN)c2cccc(Cl)c2)C1. The highest BCUT2D eigenvalue weighted by atomic mass is 35.5. The molecular weight excluding hydrogens is 232 g/mol. The maximum absolute atomic E-state index is 6.05. The topological polar surface area (TPSA) is 29.3 Å². The van der Waals surface area contributed by atoms with Crippen molar-refractivity contribution >= 4 is 11.6 Å². The molecule has 2 rings (SSSR count). The van der Waals surface area contributed by atoms with Gasteiger partial charge in [-0.25, -0.2) is 0 Å². The molecule has 0 aliphatic carbocycles. The second-order valence-electron chi connectivity index (χ2n) is 4.86. The van der Waals surface area contributed by atoms with Gasteiger partial charge in [-0.2, -0.15) is 0 Å². The van der Waals surface area contributed by atoms with Gasteiger partial charge in [-0.1, -0.05) is 37.1 Å². The summed E-state index contributed by atoms with van der Waals surface area (Å²) in [6.07, 6.45) is 2.57. The van der Waals surface area contributed by atoms with E-state index < -0.39 is 0 Å². The summed E-state index contributed by atoms with van der Waals surface area (Å²) in [4.78, 5) is 2.50. The van der Waals surface area contributed by atoms with E-state index in [0.717, 1.165) is 17.5 Å². The lowest BCUT2D eigenvalue weighted by atomic mass is 10.0. The fourth-order valence-corrected chi connectivity index (χ4v) is 2.89. The maximum Gasteiger partial charge on any atom is 0.0471 e. The molecule has 0 radical (unpaired) electrons. The zero-order valence-electron chi connectivity index (χ0n) is 10.4. The van der Waals surface area contributed by atoms with Crippen LogP contribution in [0.4, 0.5) is 0 Å². The highest BCUT2D eigenvalue weighted by Gasteiger charge is 2.27. The summed E-state index contributed by atoms with van der Waals surface area (Å²) in [6.45, 7) is 5.26. The van der Waals surface area contributed by atoms with E-state index in [1.54, 1.807) is 0 Å². The van der Waals surface area contributed by atoms with Gasteiger partial charge >= 0.3 is 0 Å². The van der Waals surface area contributed by atoms with Crippen LogP contribution in [-0.4, -0.2) is 24.5 Å². The normalized spacial score (nSPS) is 22.9. The fourth-order valence-electron chi connectivity index (χ4n) is 2.69. The molecule has 17 heavy (non-hydrogen) atoms. The zero-order chi connectivity index (χ0) is 12.3. The van der Waals surface area contributed by atoms with E-state index in [4.69, 9.17) is 17.3 Å². The first-order valence-corrected chi connectivity index (χ1v) is 6.82. The van der Waals surface area contributed by atoms with Crippen LogP contribution in [0.25, 0.3) is 0 Å². The Labute approximate surface area is 109 Å². The van der Waals surface area contributed by atoms with Crippen LogP contribution in [0, 0.1) is 5.92 Å². The predicted octanol–water partition coefficient (Wildman–Crippen LogP) is 3.07. The molecule has 2 unspecified atom stereocenters. The van der Waals surface area contributed by atoms with Gasteiger partial charge in [0.2, 0.25) is 0 Å². The lowest BCUT2D eigenvalue weighted by Gasteiger charge is -2.27. The number of hydrogen-bond donors (Lipinski definition) is 1. The molecule has 1 fully saturated rings. The van der Waals surface area contributed by atoms with Crippen LogP contribution in [-0.2, 0) is 0 Å². The molecular formula is C14H21ClN2. The number of nitrogens with two attached hydrogens (primary N) is 1. The summed E-state index contributed by atoms with van der Waals surface area (Å²) in [5.41, 5.74) is 7.18. The summed E-state index contributed by atoms with van der Waals surface area (Å²) in [5, 5.41) is 0.798. The van der Waals surface area contributed by atoms with Gasteiger partial charge < -0.3 is 5.73 Å². The number of halogens is 1. The van der Waals surface area contributed by atoms with E-state index in [0.29, 0.717) is 12.6 Å². The van der Waals surface area contributed by atoms with Gasteiger partial charge in [0.25, 0.3) is 0 Å². The van der Waals surface area contributed by atoms with Crippen LogP contribution < -0.4 is 5.73 Å². The Morgan fingerprint density at radius 2 is 2.35 bits per heavy atom. The van der Waals surface area contributed by atoms with Crippen molar-refractivity contribution in [3.05, 3.63) is 34.9 Å². The van der Waals surface area contributed by atoms with Crippen molar-refractivity contribution in [1.82, 2.24) is 4.90 Å². The van der Waals surface area contributed by atoms with Crippen LogP contribution >= 0.6 is 11.6 Å².